The molecule has 1 amide bonds. The van der Waals surface area contributed by atoms with E-state index in [4.69, 9.17) is 4.74 Å². The lowest BCUT2D eigenvalue weighted by atomic mass is 9.95. The van der Waals surface area contributed by atoms with E-state index in [1.54, 1.807) is 30.2 Å². The molecule has 2 saturated heterocycles. The summed E-state index contributed by atoms with van der Waals surface area (Å²) >= 11 is 1.78. The van der Waals surface area contributed by atoms with Crippen LogP contribution < -0.4 is 0 Å². The number of sulfonamides is 1. The van der Waals surface area contributed by atoms with Crippen LogP contribution in [0.15, 0.2) is 0 Å². The van der Waals surface area contributed by atoms with Crippen molar-refractivity contribution in [2.24, 2.45) is 0 Å². The minimum Gasteiger partial charge on any atom is -0.367 e. The van der Waals surface area contributed by atoms with Crippen LogP contribution in [0.2, 0.25) is 0 Å². The second-order valence-electron chi connectivity index (χ2n) is 6.00. The molecule has 6 nitrogen and oxygen atoms in total. The van der Waals surface area contributed by atoms with Crippen molar-refractivity contribution in [1.29, 1.82) is 0 Å². The Bertz CT molecular complexity index is 486. The fourth-order valence-corrected chi connectivity index (χ4v) is 6.01. The Balaban J connectivity index is 1.78. The molecular formula is C13H24N2O4S2. The van der Waals surface area contributed by atoms with Gasteiger partial charge >= 0.3 is 0 Å². The summed E-state index contributed by atoms with van der Waals surface area (Å²) < 4.78 is 31.2. The Hall–Kier alpha value is -0.310. The molecule has 8 heteroatoms. The lowest BCUT2D eigenvalue weighted by Gasteiger charge is -2.46. The van der Waals surface area contributed by atoms with Crippen molar-refractivity contribution in [1.82, 2.24) is 9.21 Å². The highest BCUT2D eigenvalue weighted by atomic mass is 32.2. The smallest absolute Gasteiger partial charge is 0.248 e. The SMILES string of the molecule is CCCS(=O)(=O)N1CC2(CC(OCC(=O)N(C)C)CS2)C1. The molecule has 21 heavy (non-hydrogen) atoms. The zero-order valence-corrected chi connectivity index (χ0v) is 14.5. The highest BCUT2D eigenvalue weighted by Crippen LogP contribution is 2.46. The maximum Gasteiger partial charge on any atom is 0.248 e. The molecule has 0 aliphatic carbocycles. The van der Waals surface area contributed by atoms with Gasteiger partial charge in [-0.3, -0.25) is 4.79 Å². The minimum atomic E-state index is -3.07. The maximum absolute atomic E-state index is 12.0. The van der Waals surface area contributed by atoms with E-state index in [9.17, 15) is 13.2 Å². The summed E-state index contributed by atoms with van der Waals surface area (Å²) in [6.45, 7) is 3.15. The highest BCUT2D eigenvalue weighted by Gasteiger charge is 2.52. The highest BCUT2D eigenvalue weighted by molar-refractivity contribution is 8.01. The number of hydrogen-bond donors (Lipinski definition) is 0. The van der Waals surface area contributed by atoms with Crippen molar-refractivity contribution < 1.29 is 17.9 Å². The summed E-state index contributed by atoms with van der Waals surface area (Å²) in [5.74, 6) is 1.02. The number of thioether (sulfide) groups is 1. The molecular weight excluding hydrogens is 312 g/mol. The molecule has 2 aliphatic rings. The van der Waals surface area contributed by atoms with E-state index in [2.05, 4.69) is 0 Å². The molecule has 2 heterocycles. The Labute approximate surface area is 131 Å². The van der Waals surface area contributed by atoms with Crippen LogP contribution in [0.4, 0.5) is 0 Å². The number of ether oxygens (including phenoxy) is 1. The molecule has 0 radical (unpaired) electrons. The first-order chi connectivity index (χ1) is 9.78. The summed E-state index contributed by atoms with van der Waals surface area (Å²) in [5.41, 5.74) is 0. The lowest BCUT2D eigenvalue weighted by Crippen LogP contribution is -2.61. The second kappa shape index (κ2) is 6.44. The summed E-state index contributed by atoms with van der Waals surface area (Å²) in [6.07, 6.45) is 1.53. The monoisotopic (exact) mass is 336 g/mol. The van der Waals surface area contributed by atoms with E-state index in [1.807, 2.05) is 6.92 Å². The first-order valence-corrected chi connectivity index (χ1v) is 9.81. The van der Waals surface area contributed by atoms with Gasteiger partial charge in [-0.2, -0.15) is 4.31 Å². The Morgan fingerprint density at radius 3 is 2.67 bits per heavy atom. The van der Waals surface area contributed by atoms with Crippen molar-refractivity contribution in [3.63, 3.8) is 0 Å². The fraction of sp³-hybridized carbons (Fsp3) is 0.923. The molecule has 1 unspecified atom stereocenters. The Morgan fingerprint density at radius 1 is 1.43 bits per heavy atom. The van der Waals surface area contributed by atoms with E-state index in [0.717, 1.165) is 12.2 Å². The van der Waals surface area contributed by atoms with Crippen LogP contribution in [-0.2, 0) is 19.6 Å². The van der Waals surface area contributed by atoms with Gasteiger partial charge in [0.2, 0.25) is 15.9 Å². The van der Waals surface area contributed by atoms with Crippen molar-refractivity contribution in [3.05, 3.63) is 0 Å². The van der Waals surface area contributed by atoms with E-state index in [1.165, 1.54) is 4.90 Å². The molecule has 1 atom stereocenters. The average Bonchev–Trinajstić information content (AvgIpc) is 2.78. The topological polar surface area (TPSA) is 66.9 Å². The van der Waals surface area contributed by atoms with Crippen LogP contribution in [0, 0.1) is 0 Å². The van der Waals surface area contributed by atoms with Crippen LogP contribution in [0.3, 0.4) is 0 Å². The van der Waals surface area contributed by atoms with Gasteiger partial charge in [-0.25, -0.2) is 8.42 Å². The summed E-state index contributed by atoms with van der Waals surface area (Å²) in [6, 6.07) is 0. The second-order valence-corrected chi connectivity index (χ2v) is 9.58. The zero-order valence-electron chi connectivity index (χ0n) is 12.9. The minimum absolute atomic E-state index is 0.00659. The maximum atomic E-state index is 12.0. The predicted molar refractivity (Wildman–Crippen MR) is 83.9 cm³/mol. The third kappa shape index (κ3) is 3.91. The van der Waals surface area contributed by atoms with Crippen LogP contribution in [0.5, 0.6) is 0 Å². The quantitative estimate of drug-likeness (QED) is 0.702. The van der Waals surface area contributed by atoms with Crippen molar-refractivity contribution in [2.45, 2.75) is 30.6 Å². The molecule has 0 aromatic rings. The Morgan fingerprint density at radius 2 is 2.10 bits per heavy atom. The zero-order chi connectivity index (χ0) is 15.7. The van der Waals surface area contributed by atoms with E-state index >= 15 is 0 Å². The molecule has 0 bridgehead atoms. The van der Waals surface area contributed by atoms with Gasteiger partial charge in [0.05, 0.1) is 11.9 Å². The molecule has 1 spiro atoms. The average molecular weight is 336 g/mol. The number of amides is 1. The molecule has 0 aromatic heterocycles. The van der Waals surface area contributed by atoms with E-state index in [0.29, 0.717) is 19.5 Å². The van der Waals surface area contributed by atoms with Gasteiger partial charge in [-0.15, -0.1) is 11.8 Å². The molecule has 2 rings (SSSR count). The Kier molecular flexibility index (Phi) is 5.23. The summed E-state index contributed by atoms with van der Waals surface area (Å²) in [4.78, 5) is 13.0. The third-order valence-electron chi connectivity index (χ3n) is 3.90. The largest absolute Gasteiger partial charge is 0.367 e. The van der Waals surface area contributed by atoms with Crippen molar-refractivity contribution >= 4 is 27.7 Å². The van der Waals surface area contributed by atoms with Gasteiger partial charge in [-0.1, -0.05) is 6.92 Å². The first-order valence-electron chi connectivity index (χ1n) is 7.21. The van der Waals surface area contributed by atoms with Crippen LogP contribution in [0.25, 0.3) is 0 Å². The van der Waals surface area contributed by atoms with Crippen molar-refractivity contribution in [3.8, 4) is 0 Å². The normalized spacial score (nSPS) is 25.0. The molecule has 2 fully saturated rings. The molecule has 2 aliphatic heterocycles. The van der Waals surface area contributed by atoms with Gasteiger partial charge in [0.1, 0.15) is 6.61 Å². The number of carbonyl (C=O) groups is 1. The number of nitrogens with zero attached hydrogens (tertiary/aromatic N) is 2. The summed E-state index contributed by atoms with van der Waals surface area (Å²) in [7, 11) is 0.342. The standard InChI is InChI=1S/C13H24N2O4S2/c1-4-5-21(17,18)15-9-13(10-15)6-11(8-20-13)19-7-12(16)14(2)3/h11H,4-10H2,1-3H3. The molecule has 0 aromatic carbocycles. The molecule has 0 N–H and O–H groups in total. The molecule has 0 saturated carbocycles. The van der Waals surface area contributed by atoms with Gasteiger partial charge in [0.15, 0.2) is 0 Å². The van der Waals surface area contributed by atoms with Crippen LogP contribution in [0.1, 0.15) is 19.8 Å². The lowest BCUT2D eigenvalue weighted by molar-refractivity contribution is -0.135. The predicted octanol–water partition coefficient (Wildman–Crippen LogP) is 0.391. The molecule has 122 valence electrons. The van der Waals surface area contributed by atoms with Gasteiger partial charge in [0, 0.05) is 37.7 Å². The van der Waals surface area contributed by atoms with Gasteiger partial charge in [0.25, 0.3) is 0 Å². The van der Waals surface area contributed by atoms with Crippen molar-refractivity contribution in [2.75, 3.05) is 45.3 Å². The first kappa shape index (κ1) is 17.1. The number of carbonyl (C=O) groups excluding carboxylic acids is 1. The third-order valence-corrected chi connectivity index (χ3v) is 7.45. The summed E-state index contributed by atoms with van der Waals surface area (Å²) in [5, 5.41) is 0. The van der Waals surface area contributed by atoms with E-state index < -0.39 is 10.0 Å². The number of likely N-dealkylation sites (N-methyl/N-ethyl adjacent to an activating group) is 1. The fourth-order valence-electron chi connectivity index (χ4n) is 2.63. The number of rotatable bonds is 6. The van der Waals surface area contributed by atoms with Crippen LogP contribution >= 0.6 is 11.8 Å². The van der Waals surface area contributed by atoms with Crippen LogP contribution in [-0.4, -0.2) is 79.7 Å². The van der Waals surface area contributed by atoms with E-state index in [-0.39, 0.29) is 29.1 Å². The van der Waals surface area contributed by atoms with Gasteiger partial charge in [-0.05, 0) is 12.8 Å². The number of hydrogen-bond acceptors (Lipinski definition) is 5. The van der Waals surface area contributed by atoms with Gasteiger partial charge < -0.3 is 9.64 Å².